The number of rotatable bonds is 7. The molecule has 2 aromatic carbocycles. The van der Waals surface area contributed by atoms with Crippen molar-refractivity contribution in [1.29, 1.82) is 5.26 Å². The van der Waals surface area contributed by atoms with Crippen molar-refractivity contribution in [3.05, 3.63) is 89.8 Å². The summed E-state index contributed by atoms with van der Waals surface area (Å²) >= 11 is 0. The molecule has 3 aliphatic carbocycles. The summed E-state index contributed by atoms with van der Waals surface area (Å²) in [6.45, 7) is 1.82. The number of carboxylic acid groups (broad SMARTS) is 1. The predicted octanol–water partition coefficient (Wildman–Crippen LogP) is 6.16. The summed E-state index contributed by atoms with van der Waals surface area (Å²) in [6.07, 6.45) is 5.28. The fourth-order valence-electron chi connectivity index (χ4n) is 6.97. The zero-order valence-corrected chi connectivity index (χ0v) is 25.9. The zero-order chi connectivity index (χ0) is 33.0. The summed E-state index contributed by atoms with van der Waals surface area (Å²) < 4.78 is 59.7. The second kappa shape index (κ2) is 11.5. The quantitative estimate of drug-likeness (QED) is 0.210. The number of nitrogens with zero attached hydrogens (tertiary/aromatic N) is 5. The summed E-state index contributed by atoms with van der Waals surface area (Å²) in [5.74, 6) is -3.76. The first kappa shape index (κ1) is 30.4. The Balaban J connectivity index is 1.43. The summed E-state index contributed by atoms with van der Waals surface area (Å²) in [5.41, 5.74) is 1.32. The Hall–Kier alpha value is -5.22. The van der Waals surface area contributed by atoms with E-state index in [4.69, 9.17) is 0 Å². The Bertz CT molecular complexity index is 2190. The second-order valence-corrected chi connectivity index (χ2v) is 14.0. The number of benzene rings is 2. The Morgan fingerprint density at radius 1 is 1.02 bits per heavy atom. The first-order chi connectivity index (χ1) is 22.5. The molecule has 5 aromatic rings. The zero-order valence-electron chi connectivity index (χ0n) is 25.1. The van der Waals surface area contributed by atoms with Crippen LogP contribution in [0.15, 0.2) is 71.9 Å². The van der Waals surface area contributed by atoms with Gasteiger partial charge in [0.2, 0.25) is 0 Å². The number of carboxylic acids is 1. The molecule has 2 N–H and O–H groups in total. The number of anilines is 1. The lowest BCUT2D eigenvalue weighted by atomic mass is 9.61. The third-order valence-corrected chi connectivity index (χ3v) is 11.0. The molecule has 0 radical (unpaired) electrons. The van der Waals surface area contributed by atoms with Crippen molar-refractivity contribution in [3.8, 4) is 28.7 Å². The third-order valence-electron chi connectivity index (χ3n) is 9.34. The van der Waals surface area contributed by atoms with E-state index < -0.39 is 39.6 Å². The minimum absolute atomic E-state index is 0.0165. The maximum atomic E-state index is 16.4. The van der Waals surface area contributed by atoms with Crippen LogP contribution in [-0.2, 0) is 14.8 Å². The molecule has 3 saturated carbocycles. The van der Waals surface area contributed by atoms with Gasteiger partial charge in [0.15, 0.2) is 23.1 Å². The monoisotopic (exact) mass is 654 g/mol. The normalized spacial score (nSPS) is 20.6. The van der Waals surface area contributed by atoms with E-state index in [0.717, 1.165) is 47.5 Å². The van der Waals surface area contributed by atoms with Gasteiger partial charge >= 0.3 is 5.97 Å². The van der Waals surface area contributed by atoms with Crippen LogP contribution in [0.2, 0.25) is 0 Å². The van der Waals surface area contributed by atoms with E-state index >= 15 is 4.39 Å². The molecule has 3 heterocycles. The number of nitrogens with one attached hydrogen (secondary N) is 1. The van der Waals surface area contributed by atoms with Gasteiger partial charge in [-0.2, -0.15) is 5.26 Å². The Morgan fingerprint density at radius 3 is 2.36 bits per heavy atom. The van der Waals surface area contributed by atoms with Crippen LogP contribution in [0.4, 0.5) is 14.6 Å². The van der Waals surface area contributed by atoms with Crippen molar-refractivity contribution in [2.75, 3.05) is 5.32 Å². The Kier molecular flexibility index (Phi) is 7.47. The molecular weight excluding hydrogens is 626 g/mol. The fourth-order valence-corrected chi connectivity index (χ4v) is 8.29. The number of hydrogen-bond acceptors (Lipinski definition) is 8. The van der Waals surface area contributed by atoms with Crippen LogP contribution < -0.4 is 5.32 Å². The minimum atomic E-state index is -4.23. The molecule has 8 rings (SSSR count). The molecule has 47 heavy (non-hydrogen) atoms. The molecule has 2 unspecified atom stereocenters. The average molecular weight is 655 g/mol. The number of halogens is 2. The van der Waals surface area contributed by atoms with E-state index in [9.17, 15) is 28.0 Å². The van der Waals surface area contributed by atoms with Gasteiger partial charge in [0.25, 0.3) is 10.0 Å². The highest BCUT2D eigenvalue weighted by molar-refractivity contribution is 7.90. The van der Waals surface area contributed by atoms with Gasteiger partial charge in [-0.1, -0.05) is 29.8 Å². The van der Waals surface area contributed by atoms with Crippen molar-refractivity contribution >= 4 is 32.8 Å². The van der Waals surface area contributed by atoms with Gasteiger partial charge in [0, 0.05) is 28.8 Å². The first-order valence-corrected chi connectivity index (χ1v) is 16.6. The second-order valence-electron chi connectivity index (χ2n) is 12.1. The summed E-state index contributed by atoms with van der Waals surface area (Å²) in [5, 5.41) is 22.6. The van der Waals surface area contributed by atoms with Crippen molar-refractivity contribution in [3.63, 3.8) is 0 Å². The molecule has 0 saturated heterocycles. The lowest BCUT2D eigenvalue weighted by Gasteiger charge is -2.47. The highest BCUT2D eigenvalue weighted by Gasteiger charge is 2.47. The molecule has 0 spiro atoms. The van der Waals surface area contributed by atoms with Crippen LogP contribution in [0.25, 0.3) is 33.7 Å². The van der Waals surface area contributed by atoms with Crippen LogP contribution in [-0.4, -0.2) is 44.5 Å². The van der Waals surface area contributed by atoms with Gasteiger partial charge in [-0.15, -0.1) is 0 Å². The van der Waals surface area contributed by atoms with Crippen LogP contribution in [0.3, 0.4) is 0 Å². The number of aliphatic carboxylic acids is 1. The van der Waals surface area contributed by atoms with Crippen LogP contribution in [0.1, 0.15) is 36.8 Å². The van der Waals surface area contributed by atoms with E-state index in [2.05, 4.69) is 20.3 Å². The number of nitriles is 1. The molecule has 3 aromatic heterocycles. The smallest absolute Gasteiger partial charge is 0.308 e. The first-order valence-electron chi connectivity index (χ1n) is 15.1. The van der Waals surface area contributed by atoms with Crippen molar-refractivity contribution < 1.29 is 27.1 Å². The van der Waals surface area contributed by atoms with E-state index in [1.165, 1.54) is 42.6 Å². The van der Waals surface area contributed by atoms with Crippen molar-refractivity contribution in [2.45, 2.75) is 43.5 Å². The lowest BCUT2D eigenvalue weighted by Crippen LogP contribution is -2.51. The van der Waals surface area contributed by atoms with Crippen LogP contribution in [0, 0.1) is 47.6 Å². The SMILES string of the molecule is Cc1ccc(S(=O)(=O)n2cc(-c3nc(NC4C5CCC(CC5)C4C(=O)O)c(F)c(-c4ccc(C#N)cc4)n3)c3cc(F)cnc32)cc1. The number of carbonyl (C=O) groups is 1. The van der Waals surface area contributed by atoms with Gasteiger partial charge in [0.05, 0.1) is 28.6 Å². The number of aryl methyl sites for hydroxylation is 1. The van der Waals surface area contributed by atoms with Gasteiger partial charge in [-0.25, -0.2) is 36.1 Å². The number of aromatic nitrogens is 4. The molecule has 2 atom stereocenters. The average Bonchev–Trinajstić information content (AvgIpc) is 3.46. The maximum absolute atomic E-state index is 16.4. The van der Waals surface area contributed by atoms with Gasteiger partial charge in [-0.3, -0.25) is 4.79 Å². The fraction of sp³-hybridized carbons (Fsp3) is 0.265. The Labute approximate surface area is 268 Å². The van der Waals surface area contributed by atoms with Crippen LogP contribution >= 0.6 is 0 Å². The minimum Gasteiger partial charge on any atom is -0.481 e. The van der Waals surface area contributed by atoms with E-state index in [0.29, 0.717) is 11.1 Å². The molecule has 3 aliphatic rings. The van der Waals surface area contributed by atoms with Gasteiger partial charge < -0.3 is 10.4 Å². The Morgan fingerprint density at radius 2 is 1.70 bits per heavy atom. The van der Waals surface area contributed by atoms with Gasteiger partial charge in [-0.05, 0) is 74.8 Å². The largest absolute Gasteiger partial charge is 0.481 e. The van der Waals surface area contributed by atoms with E-state index in [-0.39, 0.29) is 50.7 Å². The molecule has 0 amide bonds. The number of pyridine rings is 1. The predicted molar refractivity (Wildman–Crippen MR) is 169 cm³/mol. The molecule has 238 valence electrons. The van der Waals surface area contributed by atoms with Gasteiger partial charge in [0.1, 0.15) is 11.5 Å². The lowest BCUT2D eigenvalue weighted by molar-refractivity contribution is -0.148. The molecule has 13 heteroatoms. The highest BCUT2D eigenvalue weighted by Crippen LogP contribution is 2.47. The molecule has 10 nitrogen and oxygen atoms in total. The topological polar surface area (TPSA) is 151 Å². The van der Waals surface area contributed by atoms with Crippen molar-refractivity contribution in [2.24, 2.45) is 17.8 Å². The van der Waals surface area contributed by atoms with Crippen molar-refractivity contribution in [1.82, 2.24) is 18.9 Å². The summed E-state index contributed by atoms with van der Waals surface area (Å²) in [4.78, 5) is 25.4. The number of hydrogen-bond donors (Lipinski definition) is 2. The van der Waals surface area contributed by atoms with E-state index in [1.54, 1.807) is 12.1 Å². The molecule has 3 fully saturated rings. The molecule has 0 aliphatic heterocycles. The molecular formula is C34H28F2N6O4S. The summed E-state index contributed by atoms with van der Waals surface area (Å²) in [6, 6.07) is 14.8. The maximum Gasteiger partial charge on any atom is 0.308 e. The number of fused-ring (bicyclic) bond motifs is 4. The highest BCUT2D eigenvalue weighted by atomic mass is 32.2. The third kappa shape index (κ3) is 5.28. The van der Waals surface area contributed by atoms with E-state index in [1.807, 2.05) is 13.0 Å². The van der Waals surface area contributed by atoms with Crippen LogP contribution in [0.5, 0.6) is 0 Å². The molecule has 2 bridgehead atoms. The standard InChI is InChI=1S/C34H28F2N6O4S/c1-18-2-12-24(13-3-18)47(45,46)42-17-26(25-14-23(35)16-38-33(25)42)31-40-30(22-6-4-19(15-37)5-7-22)28(36)32(41-31)39-29-21-10-8-20(9-11-21)27(29)34(43)44/h2-7,12-14,16-17,20-21,27,29H,8-11H2,1H3,(H,43,44)(H,39,40,41). The summed E-state index contributed by atoms with van der Waals surface area (Å²) in [7, 11) is -4.23.